The first-order valence-electron chi connectivity index (χ1n) is 16.4. The first kappa shape index (κ1) is 37.4. The van der Waals surface area contributed by atoms with Crippen LogP contribution in [-0.4, -0.2) is 115 Å². The Balaban J connectivity index is 1.57. The van der Waals surface area contributed by atoms with Crippen LogP contribution in [-0.2, 0) is 19.0 Å². The van der Waals surface area contributed by atoms with E-state index in [4.69, 9.17) is 14.2 Å². The van der Waals surface area contributed by atoms with Crippen LogP contribution in [0.25, 0.3) is 0 Å². The minimum Gasteiger partial charge on any atom is -0.457 e. The summed E-state index contributed by atoms with van der Waals surface area (Å²) >= 11 is 0. The van der Waals surface area contributed by atoms with E-state index in [1.165, 1.54) is 9.80 Å². The number of aliphatic hydroxyl groups is 1. The summed E-state index contributed by atoms with van der Waals surface area (Å²) < 4.78 is 55.3. The summed E-state index contributed by atoms with van der Waals surface area (Å²) in [6, 6.07) is -0.188. The van der Waals surface area contributed by atoms with Crippen molar-refractivity contribution < 1.29 is 46.9 Å². The summed E-state index contributed by atoms with van der Waals surface area (Å²) in [5, 5.41) is 9.44. The quantitative estimate of drug-likeness (QED) is 0.159. The van der Waals surface area contributed by atoms with Crippen molar-refractivity contribution in [3.05, 3.63) is 36.0 Å². The molecule has 3 aliphatic rings. The summed E-state index contributed by atoms with van der Waals surface area (Å²) in [6.07, 6.45) is 7.60. The van der Waals surface area contributed by atoms with Crippen molar-refractivity contribution in [1.29, 1.82) is 0 Å². The number of esters is 1. The van der Waals surface area contributed by atoms with E-state index in [9.17, 15) is 32.7 Å². The Kier molecular flexibility index (Phi) is 14.9. The molecule has 3 aliphatic heterocycles. The SMILES string of the molecule is C/C(=C\C=C\[C@@H](C)COC(=O)N1CCC[C@@H]1CO)[C@H]1OC(=O)CCCCC[C@@H](OC(=O)N2CCN(CC(F)(F)F)CC2)/C=C\[C@@H]1C. The van der Waals surface area contributed by atoms with Gasteiger partial charge < -0.3 is 29.1 Å². The average Bonchev–Trinajstić information content (AvgIpc) is 3.49. The number of alkyl halides is 3. The number of nitrogens with zero attached hydrogens (tertiary/aromatic N) is 3. The first-order chi connectivity index (χ1) is 21.9. The summed E-state index contributed by atoms with van der Waals surface area (Å²) in [5.41, 5.74) is 0.816. The van der Waals surface area contributed by atoms with Gasteiger partial charge in [-0.2, -0.15) is 13.2 Å². The van der Waals surface area contributed by atoms with Crippen molar-refractivity contribution in [3.8, 4) is 0 Å². The van der Waals surface area contributed by atoms with Crippen LogP contribution in [0.2, 0.25) is 0 Å². The van der Waals surface area contributed by atoms with Gasteiger partial charge in [0.05, 0.1) is 25.8 Å². The van der Waals surface area contributed by atoms with E-state index in [-0.39, 0.29) is 69.7 Å². The summed E-state index contributed by atoms with van der Waals surface area (Å²) in [4.78, 5) is 42.2. The van der Waals surface area contributed by atoms with E-state index in [0.717, 1.165) is 31.3 Å². The maximum absolute atomic E-state index is 12.9. The molecule has 5 atom stereocenters. The molecule has 2 fully saturated rings. The smallest absolute Gasteiger partial charge is 0.410 e. The number of piperazine rings is 1. The van der Waals surface area contributed by atoms with Gasteiger partial charge >= 0.3 is 24.3 Å². The van der Waals surface area contributed by atoms with E-state index in [0.29, 0.717) is 19.4 Å². The number of rotatable bonds is 8. The standard InChI is InChI=1S/C33H50F3N3O7/c1-24(22-44-32(43)39-16-8-11-27(39)21-40)9-7-10-25(2)30-26(3)14-15-28(12-5-4-6-13-29(41)46-30)45-31(42)38-19-17-37(18-20-38)23-33(34,35)36/h7,9-10,14-15,24,26-28,30,40H,4-6,8,11-13,16-23H2,1-3H3/b9-7+,15-14-,25-10+/t24-,26+,27-,28-,30-/m1/s1. The molecule has 0 aromatic carbocycles. The van der Waals surface area contributed by atoms with Gasteiger partial charge in [0, 0.05) is 51.0 Å². The van der Waals surface area contributed by atoms with Crippen LogP contribution >= 0.6 is 0 Å². The molecule has 0 unspecified atom stereocenters. The molecule has 0 spiro atoms. The van der Waals surface area contributed by atoms with Crippen LogP contribution < -0.4 is 0 Å². The average molecular weight is 658 g/mol. The molecule has 0 saturated carbocycles. The minimum atomic E-state index is -4.28. The van der Waals surface area contributed by atoms with Crippen molar-refractivity contribution in [2.45, 2.75) is 90.1 Å². The molecule has 0 aromatic heterocycles. The van der Waals surface area contributed by atoms with Gasteiger partial charge in [-0.15, -0.1) is 0 Å². The van der Waals surface area contributed by atoms with Gasteiger partial charge in [-0.25, -0.2) is 9.59 Å². The van der Waals surface area contributed by atoms with Gasteiger partial charge in [0.25, 0.3) is 0 Å². The van der Waals surface area contributed by atoms with Crippen molar-refractivity contribution >= 4 is 18.2 Å². The highest BCUT2D eigenvalue weighted by atomic mass is 19.4. The third kappa shape index (κ3) is 12.6. The van der Waals surface area contributed by atoms with Gasteiger partial charge in [-0.1, -0.05) is 44.6 Å². The minimum absolute atomic E-state index is 0.0672. The molecule has 2 amide bonds. The van der Waals surface area contributed by atoms with Gasteiger partial charge in [0.2, 0.25) is 0 Å². The number of carbonyl (C=O) groups is 3. The fourth-order valence-electron chi connectivity index (χ4n) is 5.85. The number of amides is 2. The molecule has 3 rings (SSSR count). The molecule has 260 valence electrons. The third-order valence-corrected chi connectivity index (χ3v) is 8.56. The molecule has 3 heterocycles. The van der Waals surface area contributed by atoms with Crippen LogP contribution in [0.5, 0.6) is 0 Å². The second kappa shape index (κ2) is 18.3. The second-order valence-corrected chi connectivity index (χ2v) is 12.6. The predicted molar refractivity (Wildman–Crippen MR) is 166 cm³/mol. The van der Waals surface area contributed by atoms with Crippen LogP contribution in [0.4, 0.5) is 22.8 Å². The lowest BCUT2D eigenvalue weighted by Gasteiger charge is -2.35. The number of halogens is 3. The number of hydrogen-bond donors (Lipinski definition) is 1. The molecule has 1 N–H and O–H groups in total. The Labute approximate surface area is 270 Å². The zero-order valence-electron chi connectivity index (χ0n) is 27.3. The van der Waals surface area contributed by atoms with Crippen LogP contribution in [0.15, 0.2) is 36.0 Å². The lowest BCUT2D eigenvalue weighted by molar-refractivity contribution is -0.149. The summed E-state index contributed by atoms with van der Waals surface area (Å²) in [7, 11) is 0. The van der Waals surface area contributed by atoms with E-state index in [2.05, 4.69) is 0 Å². The van der Waals surface area contributed by atoms with Crippen molar-refractivity contribution in [1.82, 2.24) is 14.7 Å². The molecular weight excluding hydrogens is 607 g/mol. The molecule has 0 radical (unpaired) electrons. The third-order valence-electron chi connectivity index (χ3n) is 8.56. The molecule has 13 heteroatoms. The molecule has 46 heavy (non-hydrogen) atoms. The van der Waals surface area contributed by atoms with E-state index < -0.39 is 37.1 Å². The van der Waals surface area contributed by atoms with Crippen LogP contribution in [0.3, 0.4) is 0 Å². The van der Waals surface area contributed by atoms with E-state index >= 15 is 0 Å². The van der Waals surface area contributed by atoms with E-state index in [1.807, 2.05) is 51.2 Å². The molecule has 0 aromatic rings. The maximum atomic E-state index is 12.9. The Morgan fingerprint density at radius 1 is 1.07 bits per heavy atom. The predicted octanol–water partition coefficient (Wildman–Crippen LogP) is 5.47. The number of cyclic esters (lactones) is 1. The fraction of sp³-hybridized carbons (Fsp3) is 0.727. The molecule has 10 nitrogen and oxygen atoms in total. The molecule has 0 bridgehead atoms. The Morgan fingerprint density at radius 3 is 2.50 bits per heavy atom. The number of aliphatic hydroxyl groups excluding tert-OH is 1. The second-order valence-electron chi connectivity index (χ2n) is 12.6. The monoisotopic (exact) mass is 657 g/mol. The fourth-order valence-corrected chi connectivity index (χ4v) is 5.85. The number of likely N-dealkylation sites (tertiary alicyclic amines) is 1. The zero-order chi connectivity index (χ0) is 33.7. The lowest BCUT2D eigenvalue weighted by Crippen LogP contribution is -2.51. The molecule has 2 saturated heterocycles. The van der Waals surface area contributed by atoms with Crippen molar-refractivity contribution in [2.75, 3.05) is 52.5 Å². The van der Waals surface area contributed by atoms with Gasteiger partial charge in [-0.05, 0) is 50.7 Å². The van der Waals surface area contributed by atoms with Crippen LogP contribution in [0.1, 0.15) is 65.7 Å². The van der Waals surface area contributed by atoms with Crippen molar-refractivity contribution in [2.24, 2.45) is 11.8 Å². The van der Waals surface area contributed by atoms with E-state index in [1.54, 1.807) is 4.90 Å². The largest absolute Gasteiger partial charge is 0.457 e. The highest BCUT2D eigenvalue weighted by Crippen LogP contribution is 2.23. The zero-order valence-corrected chi connectivity index (χ0v) is 27.3. The van der Waals surface area contributed by atoms with Gasteiger partial charge in [0.1, 0.15) is 12.2 Å². The lowest BCUT2D eigenvalue weighted by atomic mass is 9.95. The van der Waals surface area contributed by atoms with Crippen LogP contribution in [0, 0.1) is 11.8 Å². The molecular formula is C33H50F3N3O7. The van der Waals surface area contributed by atoms with Gasteiger partial charge in [0.15, 0.2) is 0 Å². The Morgan fingerprint density at radius 2 is 1.80 bits per heavy atom. The summed E-state index contributed by atoms with van der Waals surface area (Å²) in [5.74, 6) is -0.584. The Hall–Kier alpha value is -3.06. The van der Waals surface area contributed by atoms with Crippen molar-refractivity contribution in [3.63, 3.8) is 0 Å². The number of ether oxygens (including phenoxy) is 3. The maximum Gasteiger partial charge on any atom is 0.410 e. The van der Waals surface area contributed by atoms with Gasteiger partial charge in [-0.3, -0.25) is 9.69 Å². The topological polar surface area (TPSA) is 109 Å². The summed E-state index contributed by atoms with van der Waals surface area (Å²) in [6.45, 7) is 6.02. The number of allylic oxidation sites excluding steroid dienone is 2. The number of hydrogen-bond acceptors (Lipinski definition) is 8. The number of carbonyl (C=O) groups excluding carboxylic acids is 3. The highest BCUT2D eigenvalue weighted by molar-refractivity contribution is 5.70. The Bertz CT molecular complexity index is 1090. The highest BCUT2D eigenvalue weighted by Gasteiger charge is 2.34. The first-order valence-corrected chi connectivity index (χ1v) is 16.4. The molecule has 0 aliphatic carbocycles. The normalized spacial score (nSPS) is 27.5.